The third-order valence-electron chi connectivity index (χ3n) is 2.98. The van der Waals surface area contributed by atoms with Gasteiger partial charge < -0.3 is 0 Å². The molecule has 0 bridgehead atoms. The SMILES string of the molecule is CC1(C)CC(=O)N(C(=O)c2ccccc2)C(=O)C1. The van der Waals surface area contributed by atoms with E-state index in [4.69, 9.17) is 0 Å². The second kappa shape index (κ2) is 4.37. The van der Waals surface area contributed by atoms with Crippen molar-refractivity contribution in [2.75, 3.05) is 0 Å². The molecule has 0 atom stereocenters. The van der Waals surface area contributed by atoms with Gasteiger partial charge in [0.2, 0.25) is 11.8 Å². The molecule has 1 aliphatic rings. The summed E-state index contributed by atoms with van der Waals surface area (Å²) in [5, 5.41) is 0. The minimum atomic E-state index is -0.527. The van der Waals surface area contributed by atoms with Crippen LogP contribution in [0.4, 0.5) is 0 Å². The molecule has 4 nitrogen and oxygen atoms in total. The first-order valence-electron chi connectivity index (χ1n) is 5.86. The number of amides is 3. The fraction of sp³-hybridized carbons (Fsp3) is 0.357. The van der Waals surface area contributed by atoms with E-state index in [9.17, 15) is 14.4 Å². The predicted molar refractivity (Wildman–Crippen MR) is 65.6 cm³/mol. The second-order valence-corrected chi connectivity index (χ2v) is 5.31. The molecule has 3 amide bonds. The summed E-state index contributed by atoms with van der Waals surface area (Å²) >= 11 is 0. The van der Waals surface area contributed by atoms with Crippen LogP contribution >= 0.6 is 0 Å². The lowest BCUT2D eigenvalue weighted by Crippen LogP contribution is -2.49. The Balaban J connectivity index is 2.27. The van der Waals surface area contributed by atoms with Gasteiger partial charge in [0.05, 0.1) is 0 Å². The molecule has 0 spiro atoms. The minimum absolute atomic E-state index is 0.220. The lowest BCUT2D eigenvalue weighted by atomic mass is 9.81. The van der Waals surface area contributed by atoms with Gasteiger partial charge in [0.15, 0.2) is 0 Å². The van der Waals surface area contributed by atoms with Gasteiger partial charge in [-0.2, -0.15) is 0 Å². The van der Waals surface area contributed by atoms with Crippen molar-refractivity contribution in [3.05, 3.63) is 35.9 Å². The zero-order valence-corrected chi connectivity index (χ0v) is 10.5. The number of carbonyl (C=O) groups excluding carboxylic acids is 3. The number of hydrogen-bond acceptors (Lipinski definition) is 3. The monoisotopic (exact) mass is 245 g/mol. The summed E-state index contributed by atoms with van der Waals surface area (Å²) in [6.07, 6.45) is 0.439. The normalized spacial score (nSPS) is 18.9. The Bertz CT molecular complexity index is 485. The Morgan fingerprint density at radius 3 is 2.06 bits per heavy atom. The molecule has 0 aliphatic carbocycles. The molecular weight excluding hydrogens is 230 g/mol. The Hall–Kier alpha value is -1.97. The van der Waals surface area contributed by atoms with Gasteiger partial charge in [-0.05, 0) is 17.5 Å². The Labute approximate surface area is 106 Å². The first-order valence-corrected chi connectivity index (χ1v) is 5.86. The van der Waals surface area contributed by atoms with Crippen molar-refractivity contribution >= 4 is 17.7 Å². The highest BCUT2D eigenvalue weighted by Gasteiger charge is 2.40. The van der Waals surface area contributed by atoms with Crippen molar-refractivity contribution in [3.63, 3.8) is 0 Å². The number of imide groups is 3. The van der Waals surface area contributed by atoms with Crippen LogP contribution < -0.4 is 0 Å². The van der Waals surface area contributed by atoms with Crippen LogP contribution in [0.2, 0.25) is 0 Å². The highest BCUT2D eigenvalue weighted by atomic mass is 16.2. The molecular formula is C14H15NO3. The molecule has 4 heteroatoms. The van der Waals surface area contributed by atoms with E-state index in [-0.39, 0.29) is 18.3 Å². The highest BCUT2D eigenvalue weighted by molar-refractivity contribution is 6.17. The number of carbonyl (C=O) groups is 3. The smallest absolute Gasteiger partial charge is 0.267 e. The maximum Gasteiger partial charge on any atom is 0.267 e. The number of benzene rings is 1. The summed E-state index contributed by atoms with van der Waals surface area (Å²) in [7, 11) is 0. The molecule has 1 fully saturated rings. The fourth-order valence-electron chi connectivity index (χ4n) is 2.11. The summed E-state index contributed by atoms with van der Waals surface area (Å²) in [5.74, 6) is -1.35. The molecule has 1 heterocycles. The highest BCUT2D eigenvalue weighted by Crippen LogP contribution is 2.32. The molecule has 0 aromatic heterocycles. The van der Waals surface area contributed by atoms with E-state index >= 15 is 0 Å². The molecule has 1 aliphatic heterocycles. The van der Waals surface area contributed by atoms with Crippen molar-refractivity contribution in [3.8, 4) is 0 Å². The summed E-state index contributed by atoms with van der Waals surface area (Å²) in [4.78, 5) is 36.7. The topological polar surface area (TPSA) is 54.5 Å². The average molecular weight is 245 g/mol. The quantitative estimate of drug-likeness (QED) is 0.711. The van der Waals surface area contributed by atoms with E-state index in [1.54, 1.807) is 30.3 Å². The maximum absolute atomic E-state index is 12.1. The molecule has 1 aromatic rings. The van der Waals surface area contributed by atoms with Crippen molar-refractivity contribution in [1.82, 2.24) is 4.90 Å². The zero-order chi connectivity index (χ0) is 13.3. The Kier molecular flexibility index (Phi) is 3.03. The number of rotatable bonds is 1. The summed E-state index contributed by atoms with van der Waals surface area (Å²) in [6.45, 7) is 3.71. The Morgan fingerprint density at radius 1 is 1.06 bits per heavy atom. The van der Waals surface area contributed by atoms with Crippen molar-refractivity contribution in [2.45, 2.75) is 26.7 Å². The van der Waals surface area contributed by atoms with Crippen molar-refractivity contribution in [1.29, 1.82) is 0 Å². The lowest BCUT2D eigenvalue weighted by molar-refractivity contribution is -0.148. The summed E-state index contributed by atoms with van der Waals surface area (Å²) in [6, 6.07) is 8.39. The average Bonchev–Trinajstić information content (AvgIpc) is 2.27. The minimum Gasteiger partial charge on any atom is -0.274 e. The van der Waals surface area contributed by atoms with Gasteiger partial charge in [-0.25, -0.2) is 4.90 Å². The van der Waals surface area contributed by atoms with Gasteiger partial charge in [0, 0.05) is 18.4 Å². The number of hydrogen-bond donors (Lipinski definition) is 0. The second-order valence-electron chi connectivity index (χ2n) is 5.31. The van der Waals surface area contributed by atoms with E-state index < -0.39 is 17.7 Å². The summed E-state index contributed by atoms with van der Waals surface area (Å²) < 4.78 is 0. The fourth-order valence-corrected chi connectivity index (χ4v) is 2.11. The molecule has 0 saturated carbocycles. The zero-order valence-electron chi connectivity index (χ0n) is 10.5. The van der Waals surface area contributed by atoms with Crippen LogP contribution in [0.5, 0.6) is 0 Å². The summed E-state index contributed by atoms with van der Waals surface area (Å²) in [5.41, 5.74) is 0.000609. The molecule has 0 N–H and O–H groups in total. The molecule has 1 aromatic carbocycles. The molecule has 0 unspecified atom stereocenters. The van der Waals surface area contributed by atoms with Gasteiger partial charge in [0.25, 0.3) is 5.91 Å². The van der Waals surface area contributed by atoms with Crippen LogP contribution in [-0.4, -0.2) is 22.6 Å². The van der Waals surface area contributed by atoms with Crippen LogP contribution in [0.25, 0.3) is 0 Å². The van der Waals surface area contributed by atoms with Crippen LogP contribution in [0.3, 0.4) is 0 Å². The van der Waals surface area contributed by atoms with Gasteiger partial charge in [-0.1, -0.05) is 32.0 Å². The third-order valence-corrected chi connectivity index (χ3v) is 2.98. The van der Waals surface area contributed by atoms with E-state index in [0.717, 1.165) is 4.90 Å². The van der Waals surface area contributed by atoms with Gasteiger partial charge >= 0.3 is 0 Å². The van der Waals surface area contributed by atoms with Crippen LogP contribution in [0.1, 0.15) is 37.0 Å². The van der Waals surface area contributed by atoms with Gasteiger partial charge in [0.1, 0.15) is 0 Å². The maximum atomic E-state index is 12.1. The number of nitrogens with zero attached hydrogens (tertiary/aromatic N) is 1. The first kappa shape index (κ1) is 12.5. The number of piperidine rings is 1. The largest absolute Gasteiger partial charge is 0.274 e. The van der Waals surface area contributed by atoms with Gasteiger partial charge in [-0.3, -0.25) is 14.4 Å². The molecule has 2 rings (SSSR count). The number of likely N-dealkylation sites (tertiary alicyclic amines) is 1. The van der Waals surface area contributed by atoms with Crippen LogP contribution in [0.15, 0.2) is 30.3 Å². The van der Waals surface area contributed by atoms with E-state index in [1.165, 1.54) is 0 Å². The standard InChI is InChI=1S/C14H15NO3/c1-14(2)8-11(16)15(12(17)9-14)13(18)10-6-4-3-5-7-10/h3-7H,8-9H2,1-2H3. The lowest BCUT2D eigenvalue weighted by Gasteiger charge is -2.33. The molecule has 18 heavy (non-hydrogen) atoms. The Morgan fingerprint density at radius 2 is 1.56 bits per heavy atom. The third kappa shape index (κ3) is 2.32. The molecule has 1 saturated heterocycles. The van der Waals surface area contributed by atoms with E-state index in [1.807, 2.05) is 13.8 Å². The van der Waals surface area contributed by atoms with Crippen LogP contribution in [-0.2, 0) is 9.59 Å². The van der Waals surface area contributed by atoms with Crippen molar-refractivity contribution in [2.24, 2.45) is 5.41 Å². The molecule has 94 valence electrons. The van der Waals surface area contributed by atoms with Crippen LogP contribution in [0, 0.1) is 5.41 Å². The van der Waals surface area contributed by atoms with E-state index in [2.05, 4.69) is 0 Å². The van der Waals surface area contributed by atoms with E-state index in [0.29, 0.717) is 5.56 Å². The first-order chi connectivity index (χ1) is 8.41. The predicted octanol–water partition coefficient (Wildman–Crippen LogP) is 2.00. The van der Waals surface area contributed by atoms with Gasteiger partial charge in [-0.15, -0.1) is 0 Å². The molecule has 0 radical (unpaired) electrons. The van der Waals surface area contributed by atoms with Crippen molar-refractivity contribution < 1.29 is 14.4 Å².